The highest BCUT2D eigenvalue weighted by Gasteiger charge is 2.11. The first-order chi connectivity index (χ1) is 16.4. The van der Waals surface area contributed by atoms with Crippen LogP contribution >= 0.6 is 15.9 Å². The number of rotatable bonds is 7. The number of hydrogen-bond donors (Lipinski definition) is 0. The molecule has 34 heavy (non-hydrogen) atoms. The van der Waals surface area contributed by atoms with E-state index < -0.39 is 0 Å². The maximum absolute atomic E-state index is 13.6. The summed E-state index contributed by atoms with van der Waals surface area (Å²) in [6, 6.07) is 17.4. The van der Waals surface area contributed by atoms with E-state index in [0.29, 0.717) is 40.0 Å². The Bertz CT molecular complexity index is 1430. The maximum atomic E-state index is 13.6. The predicted octanol–water partition coefficient (Wildman–Crippen LogP) is 5.39. The van der Waals surface area contributed by atoms with Crippen molar-refractivity contribution in [1.82, 2.24) is 9.66 Å². The minimum atomic E-state index is -0.313. The molecule has 0 atom stereocenters. The third-order valence-electron chi connectivity index (χ3n) is 5.30. The largest absolute Gasteiger partial charge is 0.488 e. The molecule has 0 spiro atoms. The van der Waals surface area contributed by atoms with Crippen molar-refractivity contribution in [2.75, 3.05) is 19.0 Å². The second-order valence-corrected chi connectivity index (χ2v) is 8.86. The van der Waals surface area contributed by atoms with Gasteiger partial charge in [-0.05, 0) is 48.0 Å². The summed E-state index contributed by atoms with van der Waals surface area (Å²) in [6.45, 7) is 2.12. The molecule has 0 bridgehead atoms. The molecular formula is C26H24BrFN4O2. The van der Waals surface area contributed by atoms with Gasteiger partial charge in [-0.15, -0.1) is 0 Å². The fraction of sp³-hybridized carbons (Fsp3) is 0.192. The lowest BCUT2D eigenvalue weighted by atomic mass is 10.2. The van der Waals surface area contributed by atoms with Crippen LogP contribution in [-0.4, -0.2) is 30.0 Å². The normalized spacial score (nSPS) is 11.3. The molecule has 0 unspecified atom stereocenters. The van der Waals surface area contributed by atoms with Gasteiger partial charge in [0.05, 0.1) is 17.1 Å². The number of aromatic nitrogens is 2. The van der Waals surface area contributed by atoms with Gasteiger partial charge in [0.15, 0.2) is 0 Å². The van der Waals surface area contributed by atoms with Crippen LogP contribution in [-0.2, 0) is 13.0 Å². The summed E-state index contributed by atoms with van der Waals surface area (Å²) in [7, 11) is 3.87. The van der Waals surface area contributed by atoms with Gasteiger partial charge in [-0.25, -0.2) is 9.37 Å². The molecule has 3 aromatic carbocycles. The molecule has 4 rings (SSSR count). The van der Waals surface area contributed by atoms with Gasteiger partial charge in [0.25, 0.3) is 5.56 Å². The number of ether oxygens (including phenoxy) is 1. The minimum Gasteiger partial charge on any atom is -0.488 e. The van der Waals surface area contributed by atoms with E-state index in [0.717, 1.165) is 10.2 Å². The van der Waals surface area contributed by atoms with Gasteiger partial charge < -0.3 is 9.64 Å². The van der Waals surface area contributed by atoms with Crippen LogP contribution in [0.2, 0.25) is 0 Å². The SMILES string of the molecule is CCc1nc2ccc(Br)cc2c(=O)n1N=Cc1ccc(N(C)C)cc1OCc1cccc(F)c1. The predicted molar refractivity (Wildman–Crippen MR) is 138 cm³/mol. The van der Waals surface area contributed by atoms with Crippen LogP contribution in [0.1, 0.15) is 23.9 Å². The van der Waals surface area contributed by atoms with Crippen LogP contribution in [0.4, 0.5) is 10.1 Å². The number of anilines is 1. The summed E-state index contributed by atoms with van der Waals surface area (Å²) in [4.78, 5) is 19.7. The van der Waals surface area contributed by atoms with Crippen LogP contribution in [0.3, 0.4) is 0 Å². The van der Waals surface area contributed by atoms with E-state index in [2.05, 4.69) is 26.0 Å². The van der Waals surface area contributed by atoms with Crippen molar-refractivity contribution < 1.29 is 9.13 Å². The van der Waals surface area contributed by atoms with Crippen LogP contribution in [0, 0.1) is 5.82 Å². The van der Waals surface area contributed by atoms with Gasteiger partial charge in [-0.3, -0.25) is 4.79 Å². The van der Waals surface area contributed by atoms with Gasteiger partial charge in [0.1, 0.15) is 24.0 Å². The summed E-state index contributed by atoms with van der Waals surface area (Å²) in [5.74, 6) is 0.817. The zero-order chi connectivity index (χ0) is 24.2. The second-order valence-electron chi connectivity index (χ2n) is 7.94. The van der Waals surface area contributed by atoms with Crippen molar-refractivity contribution in [3.63, 3.8) is 0 Å². The lowest BCUT2D eigenvalue weighted by molar-refractivity contribution is 0.305. The first kappa shape index (κ1) is 23.6. The van der Waals surface area contributed by atoms with Gasteiger partial charge in [-0.1, -0.05) is 35.0 Å². The molecule has 8 heteroatoms. The standard InChI is InChI=1S/C26H24BrFN4O2/c1-4-25-30-23-11-9-19(27)13-22(23)26(33)32(25)29-15-18-8-10-21(31(2)3)14-24(18)34-16-17-6-5-7-20(28)12-17/h5-15H,4,16H2,1-3H3. The average Bonchev–Trinajstić information content (AvgIpc) is 2.82. The monoisotopic (exact) mass is 522 g/mol. The lowest BCUT2D eigenvalue weighted by Crippen LogP contribution is -2.22. The molecule has 6 nitrogen and oxygen atoms in total. The van der Waals surface area contributed by atoms with Crippen molar-refractivity contribution in [1.29, 1.82) is 0 Å². The highest BCUT2D eigenvalue weighted by atomic mass is 79.9. The first-order valence-corrected chi connectivity index (χ1v) is 11.6. The fourth-order valence-corrected chi connectivity index (χ4v) is 3.84. The summed E-state index contributed by atoms with van der Waals surface area (Å²) >= 11 is 3.41. The molecular weight excluding hydrogens is 499 g/mol. The summed E-state index contributed by atoms with van der Waals surface area (Å²) < 4.78 is 21.7. The molecule has 0 fully saturated rings. The van der Waals surface area contributed by atoms with Gasteiger partial charge in [0, 0.05) is 42.3 Å². The Labute approximate surface area is 205 Å². The average molecular weight is 523 g/mol. The molecule has 1 heterocycles. The van der Waals surface area contributed by atoms with E-state index in [4.69, 9.17) is 4.74 Å². The molecule has 0 aliphatic heterocycles. The Hall–Kier alpha value is -3.52. The van der Waals surface area contributed by atoms with Crippen molar-refractivity contribution in [3.8, 4) is 5.75 Å². The molecule has 0 aliphatic carbocycles. The van der Waals surface area contributed by atoms with Crippen molar-refractivity contribution in [2.24, 2.45) is 5.10 Å². The van der Waals surface area contributed by atoms with Crippen LogP contribution in [0.15, 0.2) is 75.0 Å². The number of halogens is 2. The van der Waals surface area contributed by atoms with Crippen LogP contribution in [0.5, 0.6) is 5.75 Å². The zero-order valence-corrected chi connectivity index (χ0v) is 20.7. The number of benzene rings is 3. The van der Waals surface area contributed by atoms with E-state index in [9.17, 15) is 9.18 Å². The van der Waals surface area contributed by atoms with Gasteiger partial charge >= 0.3 is 0 Å². The molecule has 0 saturated carbocycles. The van der Waals surface area contributed by atoms with E-state index in [-0.39, 0.29) is 18.0 Å². The Morgan fingerprint density at radius 3 is 2.71 bits per heavy atom. The number of fused-ring (bicyclic) bond motifs is 1. The molecule has 0 aliphatic rings. The topological polar surface area (TPSA) is 59.7 Å². The Balaban J connectivity index is 1.73. The molecule has 0 radical (unpaired) electrons. The smallest absolute Gasteiger partial charge is 0.282 e. The quantitative estimate of drug-likeness (QED) is 0.305. The Morgan fingerprint density at radius 1 is 1.15 bits per heavy atom. The van der Waals surface area contributed by atoms with Gasteiger partial charge in [0.2, 0.25) is 0 Å². The third-order valence-corrected chi connectivity index (χ3v) is 5.79. The molecule has 174 valence electrons. The first-order valence-electron chi connectivity index (χ1n) is 10.8. The maximum Gasteiger partial charge on any atom is 0.282 e. The van der Waals surface area contributed by atoms with Crippen LogP contribution < -0.4 is 15.2 Å². The zero-order valence-electron chi connectivity index (χ0n) is 19.1. The molecule has 0 saturated heterocycles. The van der Waals surface area contributed by atoms with Crippen molar-refractivity contribution in [2.45, 2.75) is 20.0 Å². The number of hydrogen-bond acceptors (Lipinski definition) is 5. The molecule has 0 amide bonds. The lowest BCUT2D eigenvalue weighted by Gasteiger charge is -2.16. The molecule has 0 N–H and O–H groups in total. The molecule has 4 aromatic rings. The third kappa shape index (κ3) is 5.17. The molecule has 1 aromatic heterocycles. The highest BCUT2D eigenvalue weighted by molar-refractivity contribution is 9.10. The van der Waals surface area contributed by atoms with E-state index in [1.807, 2.05) is 56.3 Å². The Kier molecular flexibility index (Phi) is 7.07. The van der Waals surface area contributed by atoms with E-state index >= 15 is 0 Å². The highest BCUT2D eigenvalue weighted by Crippen LogP contribution is 2.25. The van der Waals surface area contributed by atoms with Gasteiger partial charge in [-0.2, -0.15) is 9.78 Å². The fourth-order valence-electron chi connectivity index (χ4n) is 3.48. The Morgan fingerprint density at radius 2 is 1.97 bits per heavy atom. The number of aryl methyl sites for hydroxylation is 1. The van der Waals surface area contributed by atoms with Crippen molar-refractivity contribution in [3.05, 3.63) is 98.3 Å². The van der Waals surface area contributed by atoms with E-state index in [1.54, 1.807) is 24.4 Å². The summed E-state index contributed by atoms with van der Waals surface area (Å²) in [5, 5.41) is 4.96. The minimum absolute atomic E-state index is 0.196. The number of nitrogens with zero attached hydrogens (tertiary/aromatic N) is 4. The summed E-state index contributed by atoms with van der Waals surface area (Å²) in [6.07, 6.45) is 2.13. The van der Waals surface area contributed by atoms with E-state index in [1.165, 1.54) is 16.8 Å². The summed E-state index contributed by atoms with van der Waals surface area (Å²) in [5.41, 5.74) is 2.73. The van der Waals surface area contributed by atoms with Crippen LogP contribution in [0.25, 0.3) is 10.9 Å². The van der Waals surface area contributed by atoms with Crippen molar-refractivity contribution >= 4 is 38.7 Å². The second kappa shape index (κ2) is 10.2.